The molecule has 100 valence electrons. The van der Waals surface area contributed by atoms with Crippen LogP contribution in [0.3, 0.4) is 0 Å². The standard InChI is InChI=1S/C14H14F2N2S/c1-9-6-7-10(17)8-12(9)18-11-4-2-3-5-13(11)19-14(15)16/h2-8,14,18H,17H2,1H3. The lowest BCUT2D eigenvalue weighted by molar-refractivity contribution is 0.252. The maximum atomic E-state index is 12.5. The van der Waals surface area contributed by atoms with Crippen LogP contribution in [-0.2, 0) is 0 Å². The number of rotatable bonds is 4. The van der Waals surface area contributed by atoms with E-state index in [0.717, 1.165) is 11.3 Å². The number of para-hydroxylation sites is 1. The van der Waals surface area contributed by atoms with E-state index in [2.05, 4.69) is 5.32 Å². The number of alkyl halides is 2. The van der Waals surface area contributed by atoms with E-state index in [-0.39, 0.29) is 0 Å². The van der Waals surface area contributed by atoms with Gasteiger partial charge in [0.25, 0.3) is 5.76 Å². The van der Waals surface area contributed by atoms with Crippen molar-refractivity contribution in [2.75, 3.05) is 11.1 Å². The molecule has 0 aromatic heterocycles. The summed E-state index contributed by atoms with van der Waals surface area (Å²) in [5.74, 6) is -2.44. The minimum absolute atomic E-state index is 0.513. The number of nitrogens with two attached hydrogens (primary N) is 1. The number of thioether (sulfide) groups is 1. The number of hydrogen-bond acceptors (Lipinski definition) is 3. The van der Waals surface area contributed by atoms with Gasteiger partial charge >= 0.3 is 0 Å². The minimum atomic E-state index is -2.44. The molecule has 2 rings (SSSR count). The quantitative estimate of drug-likeness (QED) is 0.633. The van der Waals surface area contributed by atoms with Gasteiger partial charge in [-0.3, -0.25) is 0 Å². The van der Waals surface area contributed by atoms with Crippen molar-refractivity contribution < 1.29 is 8.78 Å². The first-order chi connectivity index (χ1) is 9.06. The number of benzene rings is 2. The second-order valence-electron chi connectivity index (χ2n) is 4.07. The van der Waals surface area contributed by atoms with Gasteiger partial charge < -0.3 is 11.1 Å². The molecule has 19 heavy (non-hydrogen) atoms. The van der Waals surface area contributed by atoms with Crippen molar-refractivity contribution in [1.82, 2.24) is 0 Å². The zero-order valence-electron chi connectivity index (χ0n) is 10.4. The van der Waals surface area contributed by atoms with Crippen molar-refractivity contribution in [3.05, 3.63) is 48.0 Å². The van der Waals surface area contributed by atoms with Crippen LogP contribution >= 0.6 is 11.8 Å². The van der Waals surface area contributed by atoms with Crippen molar-refractivity contribution >= 4 is 28.8 Å². The van der Waals surface area contributed by atoms with E-state index in [9.17, 15) is 8.78 Å². The second kappa shape index (κ2) is 5.93. The van der Waals surface area contributed by atoms with Crippen LogP contribution in [0.25, 0.3) is 0 Å². The molecule has 0 aliphatic rings. The van der Waals surface area contributed by atoms with Gasteiger partial charge in [0.15, 0.2) is 0 Å². The topological polar surface area (TPSA) is 38.0 Å². The summed E-state index contributed by atoms with van der Waals surface area (Å²) in [4.78, 5) is 0.513. The van der Waals surface area contributed by atoms with E-state index in [1.807, 2.05) is 13.0 Å². The largest absolute Gasteiger partial charge is 0.399 e. The molecule has 5 heteroatoms. The van der Waals surface area contributed by atoms with Crippen LogP contribution in [0.4, 0.5) is 25.8 Å². The van der Waals surface area contributed by atoms with Gasteiger partial charge in [-0.05, 0) is 36.8 Å². The first-order valence-electron chi connectivity index (χ1n) is 5.73. The Morgan fingerprint density at radius 2 is 1.84 bits per heavy atom. The summed E-state index contributed by atoms with van der Waals surface area (Å²) in [5, 5.41) is 3.15. The third-order valence-electron chi connectivity index (χ3n) is 2.63. The van der Waals surface area contributed by atoms with E-state index in [1.54, 1.807) is 36.4 Å². The van der Waals surface area contributed by atoms with Crippen LogP contribution in [0, 0.1) is 6.92 Å². The fourth-order valence-corrected chi connectivity index (χ4v) is 2.28. The fourth-order valence-electron chi connectivity index (χ4n) is 1.69. The van der Waals surface area contributed by atoms with Crippen molar-refractivity contribution in [3.63, 3.8) is 0 Å². The molecular weight excluding hydrogens is 266 g/mol. The zero-order chi connectivity index (χ0) is 13.8. The minimum Gasteiger partial charge on any atom is -0.399 e. The van der Waals surface area contributed by atoms with E-state index >= 15 is 0 Å². The van der Waals surface area contributed by atoms with Gasteiger partial charge in [-0.2, -0.15) is 8.78 Å². The highest BCUT2D eigenvalue weighted by Gasteiger charge is 2.10. The molecule has 2 aromatic carbocycles. The summed E-state index contributed by atoms with van der Waals surface area (Å²) >= 11 is 0.527. The molecule has 0 atom stereocenters. The Hall–Kier alpha value is -1.75. The lowest BCUT2D eigenvalue weighted by Gasteiger charge is -2.13. The van der Waals surface area contributed by atoms with Crippen LogP contribution in [0.15, 0.2) is 47.4 Å². The number of nitrogen functional groups attached to an aromatic ring is 1. The molecule has 0 fully saturated rings. The van der Waals surface area contributed by atoms with E-state index in [0.29, 0.717) is 28.0 Å². The lowest BCUT2D eigenvalue weighted by Crippen LogP contribution is -1.97. The molecule has 0 spiro atoms. The first kappa shape index (κ1) is 13.7. The van der Waals surface area contributed by atoms with Crippen molar-refractivity contribution in [1.29, 1.82) is 0 Å². The van der Waals surface area contributed by atoms with Crippen molar-refractivity contribution in [2.45, 2.75) is 17.6 Å². The molecule has 0 radical (unpaired) electrons. The van der Waals surface area contributed by atoms with E-state index in [4.69, 9.17) is 5.73 Å². The Bertz CT molecular complexity index is 573. The number of hydrogen-bond donors (Lipinski definition) is 2. The van der Waals surface area contributed by atoms with Crippen LogP contribution in [0.1, 0.15) is 5.56 Å². The van der Waals surface area contributed by atoms with Gasteiger partial charge in [0.2, 0.25) is 0 Å². The SMILES string of the molecule is Cc1ccc(N)cc1Nc1ccccc1SC(F)F. The third-order valence-corrected chi connectivity index (χ3v) is 3.42. The number of halogens is 2. The highest BCUT2D eigenvalue weighted by Crippen LogP contribution is 2.34. The van der Waals surface area contributed by atoms with Crippen LogP contribution in [0.2, 0.25) is 0 Å². The molecule has 2 nitrogen and oxygen atoms in total. The van der Waals surface area contributed by atoms with Gasteiger partial charge in [0.1, 0.15) is 0 Å². The summed E-state index contributed by atoms with van der Waals surface area (Å²) in [6.45, 7) is 1.94. The summed E-state index contributed by atoms with van der Waals surface area (Å²) < 4.78 is 25.0. The monoisotopic (exact) mass is 280 g/mol. The summed E-state index contributed by atoms with van der Waals surface area (Å²) in [5.41, 5.74) is 8.85. The maximum absolute atomic E-state index is 12.5. The summed E-state index contributed by atoms with van der Waals surface area (Å²) in [6.07, 6.45) is 0. The Labute approximate surface area is 115 Å². The maximum Gasteiger partial charge on any atom is 0.288 e. The van der Waals surface area contributed by atoms with Gasteiger partial charge in [-0.1, -0.05) is 30.0 Å². The molecule has 0 amide bonds. The molecule has 0 unspecified atom stereocenters. The molecule has 2 aromatic rings. The van der Waals surface area contributed by atoms with Gasteiger partial charge in [0, 0.05) is 16.3 Å². The molecule has 0 saturated carbocycles. The lowest BCUT2D eigenvalue weighted by atomic mass is 10.1. The average molecular weight is 280 g/mol. The predicted molar refractivity (Wildman–Crippen MR) is 77.2 cm³/mol. The summed E-state index contributed by atoms with van der Waals surface area (Å²) in [6, 6.07) is 12.5. The third kappa shape index (κ3) is 3.61. The molecular formula is C14H14F2N2S. The molecule has 0 heterocycles. The molecule has 0 bridgehead atoms. The summed E-state index contributed by atoms with van der Waals surface area (Å²) in [7, 11) is 0. The van der Waals surface area contributed by atoms with Gasteiger partial charge in [-0.25, -0.2) is 0 Å². The number of anilines is 3. The van der Waals surface area contributed by atoms with Crippen molar-refractivity contribution in [2.24, 2.45) is 0 Å². The average Bonchev–Trinajstić information content (AvgIpc) is 2.35. The van der Waals surface area contributed by atoms with Gasteiger partial charge in [0.05, 0.1) is 5.69 Å². The fraction of sp³-hybridized carbons (Fsp3) is 0.143. The van der Waals surface area contributed by atoms with Crippen LogP contribution < -0.4 is 11.1 Å². The first-order valence-corrected chi connectivity index (χ1v) is 6.61. The molecule has 0 saturated heterocycles. The Kier molecular flexibility index (Phi) is 4.27. The van der Waals surface area contributed by atoms with E-state index < -0.39 is 5.76 Å². The Balaban J connectivity index is 2.30. The highest BCUT2D eigenvalue weighted by molar-refractivity contribution is 7.99. The van der Waals surface area contributed by atoms with E-state index in [1.165, 1.54) is 0 Å². The molecule has 0 aliphatic carbocycles. The molecule has 0 aliphatic heterocycles. The zero-order valence-corrected chi connectivity index (χ0v) is 11.2. The van der Waals surface area contributed by atoms with Crippen molar-refractivity contribution in [3.8, 4) is 0 Å². The highest BCUT2D eigenvalue weighted by atomic mass is 32.2. The Morgan fingerprint density at radius 3 is 2.58 bits per heavy atom. The van der Waals surface area contributed by atoms with Gasteiger partial charge in [-0.15, -0.1) is 0 Å². The number of nitrogens with one attached hydrogen (secondary N) is 1. The van der Waals surface area contributed by atoms with Crippen LogP contribution in [-0.4, -0.2) is 5.76 Å². The Morgan fingerprint density at radius 1 is 1.11 bits per heavy atom. The predicted octanol–water partition coefficient (Wildman–Crippen LogP) is 4.64. The van der Waals surface area contributed by atoms with Crippen LogP contribution in [0.5, 0.6) is 0 Å². The normalized spacial score (nSPS) is 10.7. The second-order valence-corrected chi connectivity index (χ2v) is 5.11. The smallest absolute Gasteiger partial charge is 0.288 e. The number of aryl methyl sites for hydroxylation is 1. The molecule has 3 N–H and O–H groups in total.